The molecule has 0 saturated carbocycles. The van der Waals surface area contributed by atoms with E-state index in [0.29, 0.717) is 4.73 Å². The van der Waals surface area contributed by atoms with Crippen LogP contribution in [-0.2, 0) is 26.1 Å². The van der Waals surface area contributed by atoms with Gasteiger partial charge in [-0.25, -0.2) is 8.42 Å². The number of nitrogens with zero attached hydrogens (tertiary/aromatic N) is 1. The van der Waals surface area contributed by atoms with Crippen LogP contribution in [0, 0.1) is 0 Å². The van der Waals surface area contributed by atoms with Crippen molar-refractivity contribution in [3.8, 4) is 5.75 Å². The normalized spacial score (nSPS) is 15.1. The molecule has 2 heterocycles. The lowest BCUT2D eigenvalue weighted by atomic mass is 10.1. The number of rotatable bonds is 4. The van der Waals surface area contributed by atoms with E-state index in [1.165, 1.54) is 0 Å². The highest BCUT2D eigenvalue weighted by molar-refractivity contribution is 7.90. The van der Waals surface area contributed by atoms with Crippen LogP contribution < -0.4 is 15.7 Å². The summed E-state index contributed by atoms with van der Waals surface area (Å²) in [5, 5.41) is 20.5. The molecule has 1 aromatic heterocycles. The van der Waals surface area contributed by atoms with E-state index < -0.39 is 56.6 Å². The van der Waals surface area contributed by atoms with E-state index in [9.17, 15) is 27.9 Å². The van der Waals surface area contributed by atoms with Gasteiger partial charge in [0, 0.05) is 5.56 Å². The summed E-state index contributed by atoms with van der Waals surface area (Å²) < 4.78 is 23.9. The standard InChI is InChI=1S/C11H12N2O8S/c1-21-13-6-4-22(19,20)3-5(6)9(16)8(11(13)18)10(17)12-2-7(14)15/h16H,2-4H2,1H3,(H,12,17)(H,14,15). The maximum atomic E-state index is 12.2. The lowest BCUT2D eigenvalue weighted by molar-refractivity contribution is -0.135. The van der Waals surface area contributed by atoms with Crippen LogP contribution >= 0.6 is 0 Å². The number of nitrogens with one attached hydrogen (secondary N) is 1. The molecule has 0 unspecified atom stereocenters. The molecule has 1 aromatic rings. The Balaban J connectivity index is 2.61. The van der Waals surface area contributed by atoms with Crippen molar-refractivity contribution in [3.63, 3.8) is 0 Å². The van der Waals surface area contributed by atoms with Crippen molar-refractivity contribution in [2.24, 2.45) is 0 Å². The van der Waals surface area contributed by atoms with Gasteiger partial charge in [0.25, 0.3) is 11.5 Å². The van der Waals surface area contributed by atoms with Gasteiger partial charge in [0.05, 0.1) is 17.2 Å². The van der Waals surface area contributed by atoms with Crippen LogP contribution in [-0.4, -0.2) is 48.9 Å². The minimum Gasteiger partial charge on any atom is -0.507 e. The first-order chi connectivity index (χ1) is 10.2. The van der Waals surface area contributed by atoms with E-state index in [4.69, 9.17) is 9.94 Å². The van der Waals surface area contributed by atoms with Crippen LogP contribution in [0.15, 0.2) is 4.79 Å². The van der Waals surface area contributed by atoms with Crippen LogP contribution in [0.4, 0.5) is 0 Å². The number of fused-ring (bicyclic) bond motifs is 1. The molecule has 0 atom stereocenters. The van der Waals surface area contributed by atoms with Gasteiger partial charge in [-0.1, -0.05) is 0 Å². The minimum absolute atomic E-state index is 0.0558. The lowest BCUT2D eigenvalue weighted by Crippen LogP contribution is -2.38. The highest BCUT2D eigenvalue weighted by Crippen LogP contribution is 2.32. The van der Waals surface area contributed by atoms with E-state index in [-0.39, 0.29) is 11.3 Å². The van der Waals surface area contributed by atoms with Crippen LogP contribution in [0.2, 0.25) is 0 Å². The molecule has 1 aliphatic heterocycles. The van der Waals surface area contributed by atoms with Crippen molar-refractivity contribution in [1.82, 2.24) is 10.0 Å². The molecule has 10 nitrogen and oxygen atoms in total. The number of aromatic nitrogens is 1. The van der Waals surface area contributed by atoms with E-state index >= 15 is 0 Å². The van der Waals surface area contributed by atoms with Crippen molar-refractivity contribution < 1.29 is 33.1 Å². The molecule has 120 valence electrons. The number of aromatic hydroxyl groups is 1. The quantitative estimate of drug-likeness (QED) is 0.564. The zero-order chi connectivity index (χ0) is 16.7. The molecule has 3 N–H and O–H groups in total. The SMILES string of the molecule is COn1c2c(c(O)c(C(=O)NCC(=O)O)c1=O)CS(=O)(=O)C2. The molecular weight excluding hydrogens is 320 g/mol. The first-order valence-electron chi connectivity index (χ1n) is 5.92. The second-order valence-electron chi connectivity index (χ2n) is 4.54. The van der Waals surface area contributed by atoms with Gasteiger partial charge < -0.3 is 20.4 Å². The average molecular weight is 332 g/mol. The van der Waals surface area contributed by atoms with Gasteiger partial charge >= 0.3 is 5.97 Å². The van der Waals surface area contributed by atoms with Gasteiger partial charge in [0.2, 0.25) is 0 Å². The summed E-state index contributed by atoms with van der Waals surface area (Å²) in [7, 11) is -2.47. The van der Waals surface area contributed by atoms with E-state index in [1.807, 2.05) is 5.32 Å². The number of hydrogen-bond acceptors (Lipinski definition) is 7. The summed E-state index contributed by atoms with van der Waals surface area (Å²) >= 11 is 0. The number of pyridine rings is 1. The number of sulfone groups is 1. The third-order valence-electron chi connectivity index (χ3n) is 3.05. The predicted octanol–water partition coefficient (Wildman–Crippen LogP) is -2.14. The van der Waals surface area contributed by atoms with E-state index in [0.717, 1.165) is 7.11 Å². The maximum Gasteiger partial charge on any atom is 0.322 e. The third kappa shape index (κ3) is 2.62. The Bertz CT molecular complexity index is 823. The molecule has 0 spiro atoms. The number of carbonyl (C=O) groups excluding carboxylic acids is 1. The maximum absolute atomic E-state index is 12.2. The van der Waals surface area contributed by atoms with Crippen molar-refractivity contribution in [1.29, 1.82) is 0 Å². The van der Waals surface area contributed by atoms with Crippen LogP contribution in [0.5, 0.6) is 5.75 Å². The number of aliphatic carboxylic acids is 1. The summed E-state index contributed by atoms with van der Waals surface area (Å²) in [4.78, 5) is 39.2. The second kappa shape index (κ2) is 5.33. The molecule has 2 rings (SSSR count). The van der Waals surface area contributed by atoms with E-state index in [2.05, 4.69) is 0 Å². The fourth-order valence-electron chi connectivity index (χ4n) is 2.15. The molecular formula is C11H12N2O8S. The highest BCUT2D eigenvalue weighted by Gasteiger charge is 2.35. The fraction of sp³-hybridized carbons (Fsp3) is 0.364. The third-order valence-corrected chi connectivity index (χ3v) is 4.49. The number of carboxylic acid groups (broad SMARTS) is 1. The topological polar surface area (TPSA) is 152 Å². The number of amides is 1. The first kappa shape index (κ1) is 15.8. The zero-order valence-corrected chi connectivity index (χ0v) is 12.1. The Morgan fingerprint density at radius 3 is 2.55 bits per heavy atom. The van der Waals surface area contributed by atoms with Crippen molar-refractivity contribution in [2.75, 3.05) is 13.7 Å². The van der Waals surface area contributed by atoms with Gasteiger partial charge in [-0.2, -0.15) is 0 Å². The molecule has 11 heteroatoms. The van der Waals surface area contributed by atoms with Gasteiger partial charge in [-0.05, 0) is 0 Å². The van der Waals surface area contributed by atoms with Gasteiger partial charge in [-0.15, -0.1) is 4.73 Å². The number of carboxylic acids is 1. The molecule has 1 aliphatic rings. The summed E-state index contributed by atoms with van der Waals surface area (Å²) in [5.74, 6) is -4.31. The molecule has 1 amide bonds. The van der Waals surface area contributed by atoms with E-state index in [1.54, 1.807) is 0 Å². The molecule has 0 aromatic carbocycles. The van der Waals surface area contributed by atoms with Crippen molar-refractivity contribution >= 4 is 21.7 Å². The Labute approximate surface area is 123 Å². The number of hydrogen-bond donors (Lipinski definition) is 3. The van der Waals surface area contributed by atoms with Crippen LogP contribution in [0.25, 0.3) is 0 Å². The Morgan fingerprint density at radius 2 is 2.00 bits per heavy atom. The highest BCUT2D eigenvalue weighted by atomic mass is 32.2. The predicted molar refractivity (Wildman–Crippen MR) is 71.2 cm³/mol. The Morgan fingerprint density at radius 1 is 1.36 bits per heavy atom. The molecule has 0 saturated heterocycles. The smallest absolute Gasteiger partial charge is 0.322 e. The largest absolute Gasteiger partial charge is 0.507 e. The fourth-order valence-corrected chi connectivity index (χ4v) is 3.71. The second-order valence-corrected chi connectivity index (χ2v) is 6.60. The Kier molecular flexibility index (Phi) is 3.83. The molecule has 0 bridgehead atoms. The molecule has 22 heavy (non-hydrogen) atoms. The summed E-state index contributed by atoms with van der Waals surface area (Å²) in [6.07, 6.45) is 0. The summed E-state index contributed by atoms with van der Waals surface area (Å²) in [5.41, 5.74) is -2.00. The zero-order valence-electron chi connectivity index (χ0n) is 11.3. The van der Waals surface area contributed by atoms with Crippen LogP contribution in [0.1, 0.15) is 21.6 Å². The van der Waals surface area contributed by atoms with Gasteiger partial charge in [-0.3, -0.25) is 14.4 Å². The van der Waals surface area contributed by atoms with Crippen molar-refractivity contribution in [3.05, 3.63) is 27.2 Å². The molecule has 0 fully saturated rings. The van der Waals surface area contributed by atoms with Gasteiger partial charge in [0.1, 0.15) is 25.0 Å². The lowest BCUT2D eigenvalue weighted by Gasteiger charge is -2.13. The number of carbonyl (C=O) groups is 2. The van der Waals surface area contributed by atoms with Crippen LogP contribution in [0.3, 0.4) is 0 Å². The molecule has 0 aliphatic carbocycles. The Hall–Kier alpha value is -2.56. The first-order valence-corrected chi connectivity index (χ1v) is 7.74. The summed E-state index contributed by atoms with van der Waals surface area (Å²) in [6, 6.07) is 0. The van der Waals surface area contributed by atoms with Gasteiger partial charge in [0.15, 0.2) is 9.84 Å². The van der Waals surface area contributed by atoms with Crippen molar-refractivity contribution in [2.45, 2.75) is 11.5 Å². The summed E-state index contributed by atoms with van der Waals surface area (Å²) in [6.45, 7) is -0.764. The molecule has 0 radical (unpaired) electrons. The monoisotopic (exact) mass is 332 g/mol. The minimum atomic E-state index is -3.57. The average Bonchev–Trinajstić information content (AvgIpc) is 2.73.